The zero-order chi connectivity index (χ0) is 30.9. The van der Waals surface area contributed by atoms with Crippen LogP contribution >= 0.6 is 0 Å². The van der Waals surface area contributed by atoms with Gasteiger partial charge in [0.15, 0.2) is 11.5 Å². The molecular weight excluding hydrogens is 562 g/mol. The second-order valence-corrected chi connectivity index (χ2v) is 14.4. The van der Waals surface area contributed by atoms with Crippen LogP contribution in [0.2, 0.25) is 0 Å². The molecule has 5 aliphatic carbocycles. The van der Waals surface area contributed by atoms with Gasteiger partial charge < -0.3 is 33.5 Å². The van der Waals surface area contributed by atoms with Gasteiger partial charge in [0.2, 0.25) is 0 Å². The van der Waals surface area contributed by atoms with E-state index in [9.17, 15) is 9.90 Å². The lowest BCUT2D eigenvalue weighted by molar-refractivity contribution is -0.298. The first-order valence-electron chi connectivity index (χ1n) is 16.5. The number of fused-ring (bicyclic) bond motifs is 2. The van der Waals surface area contributed by atoms with Crippen molar-refractivity contribution in [1.29, 1.82) is 0 Å². The van der Waals surface area contributed by atoms with Crippen molar-refractivity contribution in [1.82, 2.24) is 4.90 Å². The number of carbonyl (C=O) groups excluding carboxylic acids is 1. The Morgan fingerprint density at radius 1 is 1.14 bits per heavy atom. The fourth-order valence-corrected chi connectivity index (χ4v) is 10.1. The Labute approximate surface area is 261 Å². The van der Waals surface area contributed by atoms with Gasteiger partial charge in [-0.2, -0.15) is 0 Å². The number of methoxy groups -OCH3 is 2. The third kappa shape index (κ3) is 4.29. The number of hydrogen-bond acceptors (Lipinski definition) is 9. The molecule has 0 amide bonds. The Bertz CT molecular complexity index is 1310. The zero-order valence-electron chi connectivity index (χ0n) is 26.8. The SMILES string of the molecule is C=C(C)[C@@](C)(O)[C@H]1C[C@@]23CC[C@@]1(OC)[C@@H]1Oc4c(OC(=O)COCCOCCOC)ccc5c4[C@@]12CCN(CC1CC1)[C@@H]3C5. The van der Waals surface area contributed by atoms with Crippen LogP contribution in [0.15, 0.2) is 24.3 Å². The number of carbonyl (C=O) groups is 1. The lowest BCUT2D eigenvalue weighted by Gasteiger charge is -2.75. The fourth-order valence-electron chi connectivity index (χ4n) is 10.1. The fraction of sp³-hybridized carbons (Fsp3) is 0.743. The van der Waals surface area contributed by atoms with E-state index in [2.05, 4.69) is 17.5 Å². The second-order valence-electron chi connectivity index (χ2n) is 14.4. The predicted molar refractivity (Wildman–Crippen MR) is 163 cm³/mol. The molecule has 0 unspecified atom stereocenters. The maximum atomic E-state index is 13.0. The van der Waals surface area contributed by atoms with E-state index >= 15 is 0 Å². The number of hydrogen-bond donors (Lipinski definition) is 1. The lowest BCUT2D eigenvalue weighted by atomic mass is 9.33. The minimum atomic E-state index is -1.11. The topological polar surface area (TPSA) is 95.9 Å². The number of likely N-dealkylation sites (tertiary alicyclic amines) is 1. The molecule has 0 radical (unpaired) electrons. The van der Waals surface area contributed by atoms with Crippen LogP contribution in [0.25, 0.3) is 0 Å². The molecule has 44 heavy (non-hydrogen) atoms. The minimum Gasteiger partial charge on any atom is -0.482 e. The van der Waals surface area contributed by atoms with Gasteiger partial charge in [0.25, 0.3) is 0 Å². The smallest absolute Gasteiger partial charge is 0.337 e. The van der Waals surface area contributed by atoms with Gasteiger partial charge in [-0.3, -0.25) is 4.90 Å². The molecule has 1 aromatic rings. The summed E-state index contributed by atoms with van der Waals surface area (Å²) in [6.45, 7) is 11.7. The number of aliphatic hydroxyl groups is 1. The van der Waals surface area contributed by atoms with Crippen LogP contribution in [-0.4, -0.2) is 99.7 Å². The highest BCUT2D eigenvalue weighted by molar-refractivity contribution is 5.76. The summed E-state index contributed by atoms with van der Waals surface area (Å²) in [4.78, 5) is 15.7. The number of esters is 1. The Morgan fingerprint density at radius 3 is 2.64 bits per heavy atom. The maximum absolute atomic E-state index is 13.0. The quantitative estimate of drug-likeness (QED) is 0.146. The van der Waals surface area contributed by atoms with Crippen LogP contribution in [0.3, 0.4) is 0 Å². The third-order valence-corrected chi connectivity index (χ3v) is 12.4. The summed E-state index contributed by atoms with van der Waals surface area (Å²) in [6.07, 6.45) is 6.97. The normalized spacial score (nSPS) is 36.0. The summed E-state index contributed by atoms with van der Waals surface area (Å²) in [5.41, 5.74) is 1.11. The van der Waals surface area contributed by atoms with Gasteiger partial charge in [-0.1, -0.05) is 12.6 Å². The number of rotatable bonds is 14. The highest BCUT2D eigenvalue weighted by Gasteiger charge is 2.82. The van der Waals surface area contributed by atoms with Gasteiger partial charge >= 0.3 is 5.97 Å². The van der Waals surface area contributed by atoms with Crippen molar-refractivity contribution in [3.05, 3.63) is 35.4 Å². The van der Waals surface area contributed by atoms with Gasteiger partial charge in [-0.25, -0.2) is 4.79 Å². The molecule has 7 atom stereocenters. The molecule has 5 fully saturated rings. The molecule has 0 aromatic heterocycles. The Morgan fingerprint density at radius 2 is 1.91 bits per heavy atom. The standard InChI is InChI=1S/C35H49NO8/c1-22(2)32(3,38)26-19-33-10-11-35(26,40-5)31-34(33)12-13-36(20-23-6-7-23)27(33)18-24-8-9-25(30(44-31)29(24)34)43-28(37)21-42-17-16-41-15-14-39-4/h8-9,23,26-27,31,38H,1,6-7,10-21H2,2-5H3/t26-,27-,31-,32-,33-,34+,35+/m1/s1. The Balaban J connectivity index is 1.24. The molecule has 7 aliphatic rings. The molecule has 9 nitrogen and oxygen atoms in total. The van der Waals surface area contributed by atoms with E-state index in [-0.39, 0.29) is 29.5 Å². The number of piperidine rings is 1. The van der Waals surface area contributed by atoms with Crippen molar-refractivity contribution in [2.45, 2.75) is 87.6 Å². The van der Waals surface area contributed by atoms with E-state index in [4.69, 9.17) is 28.4 Å². The van der Waals surface area contributed by atoms with Crippen molar-refractivity contribution in [2.24, 2.45) is 17.3 Å². The van der Waals surface area contributed by atoms with E-state index in [1.54, 1.807) is 14.2 Å². The van der Waals surface area contributed by atoms with Crippen LogP contribution in [-0.2, 0) is 35.6 Å². The van der Waals surface area contributed by atoms with Gasteiger partial charge in [-0.05, 0) is 88.5 Å². The first kappa shape index (κ1) is 30.6. The van der Waals surface area contributed by atoms with Crippen LogP contribution in [0.1, 0.15) is 63.5 Å². The number of ether oxygens (including phenoxy) is 6. The monoisotopic (exact) mass is 611 g/mol. The molecule has 9 heteroatoms. The van der Waals surface area contributed by atoms with Crippen molar-refractivity contribution in [3.63, 3.8) is 0 Å². The molecular formula is C35H49NO8. The molecule has 8 rings (SSSR count). The lowest BCUT2D eigenvalue weighted by Crippen LogP contribution is -2.82. The summed E-state index contributed by atoms with van der Waals surface area (Å²) in [5, 5.41) is 12.1. The zero-order valence-corrected chi connectivity index (χ0v) is 26.8. The Kier molecular flexibility index (Phi) is 7.70. The largest absolute Gasteiger partial charge is 0.482 e. The van der Waals surface area contributed by atoms with E-state index in [0.717, 1.165) is 56.7 Å². The van der Waals surface area contributed by atoms with Crippen molar-refractivity contribution in [3.8, 4) is 11.5 Å². The highest BCUT2D eigenvalue weighted by Crippen LogP contribution is 2.77. The van der Waals surface area contributed by atoms with Crippen LogP contribution < -0.4 is 9.47 Å². The van der Waals surface area contributed by atoms with Gasteiger partial charge in [0.05, 0.1) is 32.0 Å². The second kappa shape index (κ2) is 11.1. The third-order valence-electron chi connectivity index (χ3n) is 12.4. The molecule has 242 valence electrons. The molecule has 4 bridgehead atoms. The average molecular weight is 612 g/mol. The maximum Gasteiger partial charge on any atom is 0.337 e. The summed E-state index contributed by atoms with van der Waals surface area (Å²) >= 11 is 0. The number of nitrogens with zero attached hydrogens (tertiary/aromatic N) is 1. The predicted octanol–water partition coefficient (Wildman–Crippen LogP) is 3.82. The molecule has 2 aliphatic heterocycles. The van der Waals surface area contributed by atoms with Crippen LogP contribution in [0.4, 0.5) is 0 Å². The average Bonchev–Trinajstić information content (AvgIpc) is 3.75. The summed E-state index contributed by atoms with van der Waals surface area (Å²) in [5.74, 6) is 1.29. The van der Waals surface area contributed by atoms with E-state index < -0.39 is 17.2 Å². The van der Waals surface area contributed by atoms with Crippen molar-refractivity contribution < 1.29 is 38.3 Å². The van der Waals surface area contributed by atoms with Crippen molar-refractivity contribution in [2.75, 3.05) is 60.3 Å². The first-order valence-corrected chi connectivity index (χ1v) is 16.5. The van der Waals surface area contributed by atoms with Crippen LogP contribution in [0, 0.1) is 17.3 Å². The Hall–Kier alpha value is -2.01. The first-order chi connectivity index (χ1) is 21.1. The van der Waals surface area contributed by atoms with E-state index in [1.807, 2.05) is 19.9 Å². The number of benzene rings is 1. The van der Waals surface area contributed by atoms with Gasteiger partial charge in [-0.15, -0.1) is 0 Å². The molecule has 2 heterocycles. The summed E-state index contributed by atoms with van der Waals surface area (Å²) in [7, 11) is 3.41. The van der Waals surface area contributed by atoms with E-state index in [1.165, 1.54) is 24.0 Å². The summed E-state index contributed by atoms with van der Waals surface area (Å²) < 4.78 is 35.6. The molecule has 4 saturated carbocycles. The van der Waals surface area contributed by atoms with E-state index in [0.29, 0.717) is 44.0 Å². The summed E-state index contributed by atoms with van der Waals surface area (Å²) in [6, 6.07) is 4.42. The molecule has 1 N–H and O–H groups in total. The van der Waals surface area contributed by atoms with Crippen molar-refractivity contribution >= 4 is 5.97 Å². The molecule has 1 saturated heterocycles. The van der Waals surface area contributed by atoms with Crippen LogP contribution in [0.5, 0.6) is 11.5 Å². The highest BCUT2D eigenvalue weighted by atomic mass is 16.6. The van der Waals surface area contributed by atoms with Gasteiger partial charge in [0, 0.05) is 49.1 Å². The molecule has 2 spiro atoms. The van der Waals surface area contributed by atoms with Gasteiger partial charge in [0.1, 0.15) is 18.3 Å². The minimum absolute atomic E-state index is 0.0813. The molecule has 1 aromatic carbocycles.